The molecule has 2 aromatic carbocycles. The van der Waals surface area contributed by atoms with Gasteiger partial charge in [0.15, 0.2) is 9.84 Å². The van der Waals surface area contributed by atoms with Crippen molar-refractivity contribution in [2.24, 2.45) is 0 Å². The molecule has 1 fully saturated rings. The topological polar surface area (TPSA) is 104 Å². The molecule has 2 aromatic rings. The lowest BCUT2D eigenvalue weighted by Gasteiger charge is -2.40. The Morgan fingerprint density at radius 2 is 1.71 bits per heavy atom. The zero-order valence-corrected chi connectivity index (χ0v) is 17.5. The molecule has 160 valence electrons. The van der Waals surface area contributed by atoms with Gasteiger partial charge in [-0.15, -0.1) is 0 Å². The first kappa shape index (κ1) is 19.7. The van der Waals surface area contributed by atoms with Crippen molar-refractivity contribution in [2.45, 2.75) is 25.0 Å². The molecule has 9 heteroatoms. The van der Waals surface area contributed by atoms with Crippen LogP contribution in [0.15, 0.2) is 48.5 Å². The summed E-state index contributed by atoms with van der Waals surface area (Å²) >= 11 is 0. The summed E-state index contributed by atoms with van der Waals surface area (Å²) in [6.07, 6.45) is -0.182. The second-order valence-corrected chi connectivity index (χ2v) is 10.3. The van der Waals surface area contributed by atoms with Crippen LogP contribution in [0.2, 0.25) is 0 Å². The second kappa shape index (κ2) is 7.19. The molecule has 3 aliphatic heterocycles. The number of carbonyl (C=O) groups is 3. The van der Waals surface area contributed by atoms with Crippen molar-refractivity contribution in [1.82, 2.24) is 10.2 Å². The van der Waals surface area contributed by atoms with E-state index >= 15 is 0 Å². The fraction of sp³-hybridized carbons (Fsp3) is 0.318. The Morgan fingerprint density at radius 3 is 2.45 bits per heavy atom. The van der Waals surface area contributed by atoms with Crippen molar-refractivity contribution >= 4 is 33.2 Å². The maximum Gasteiger partial charge on any atom is 0.260 e. The minimum absolute atomic E-state index is 0.0190. The van der Waals surface area contributed by atoms with Crippen molar-refractivity contribution in [3.05, 3.63) is 65.2 Å². The van der Waals surface area contributed by atoms with Crippen LogP contribution in [0, 0.1) is 0 Å². The van der Waals surface area contributed by atoms with Crippen LogP contribution in [0.1, 0.15) is 45.3 Å². The Hall–Kier alpha value is -3.20. The minimum Gasteiger partial charge on any atom is -0.352 e. The number of para-hydroxylation sites is 1. The number of carbonyl (C=O) groups excluding carboxylic acids is 3. The number of nitrogens with zero attached hydrogens (tertiary/aromatic N) is 2. The fourth-order valence-electron chi connectivity index (χ4n) is 4.63. The van der Waals surface area contributed by atoms with Gasteiger partial charge in [0, 0.05) is 30.1 Å². The van der Waals surface area contributed by atoms with Gasteiger partial charge < -0.3 is 10.2 Å². The van der Waals surface area contributed by atoms with Crippen molar-refractivity contribution in [3.63, 3.8) is 0 Å². The van der Waals surface area contributed by atoms with Gasteiger partial charge in [0.1, 0.15) is 6.17 Å². The molecule has 3 amide bonds. The number of nitrogens with one attached hydrogen (secondary N) is 1. The maximum atomic E-state index is 13.3. The molecule has 3 aliphatic rings. The molecule has 0 spiro atoms. The maximum absolute atomic E-state index is 13.3. The second-order valence-electron chi connectivity index (χ2n) is 8.07. The molecule has 0 aliphatic carbocycles. The van der Waals surface area contributed by atoms with E-state index in [1.54, 1.807) is 46.2 Å². The summed E-state index contributed by atoms with van der Waals surface area (Å²) in [5.41, 5.74) is 2.26. The standard InChI is InChI=1S/C22H21N3O5S/c26-19(23-14-10-12-31(29,30)13-14)9-11-24-20-15-5-1-2-6-16(15)22(28)25(20)18-8-4-3-7-17(18)21(24)27/h1-8,14,20H,9-13H2,(H,23,26). The Kier molecular flexibility index (Phi) is 4.58. The van der Waals surface area contributed by atoms with Crippen molar-refractivity contribution in [1.29, 1.82) is 0 Å². The number of rotatable bonds is 4. The number of amides is 3. The normalized spacial score (nSPS) is 23.4. The summed E-state index contributed by atoms with van der Waals surface area (Å²) in [5.74, 6) is -0.691. The summed E-state index contributed by atoms with van der Waals surface area (Å²) in [5, 5.41) is 2.76. The lowest BCUT2D eigenvalue weighted by atomic mass is 10.0. The van der Waals surface area contributed by atoms with Crippen molar-refractivity contribution in [3.8, 4) is 0 Å². The molecule has 0 aromatic heterocycles. The zero-order chi connectivity index (χ0) is 21.8. The summed E-state index contributed by atoms with van der Waals surface area (Å²) in [7, 11) is -3.09. The quantitative estimate of drug-likeness (QED) is 0.778. The highest BCUT2D eigenvalue weighted by Gasteiger charge is 2.47. The first-order valence-corrected chi connectivity index (χ1v) is 12.0. The first-order valence-electron chi connectivity index (χ1n) is 10.2. The molecule has 1 saturated heterocycles. The largest absolute Gasteiger partial charge is 0.352 e. The van der Waals surface area contributed by atoms with Gasteiger partial charge >= 0.3 is 0 Å². The number of hydrogen-bond donors (Lipinski definition) is 1. The average Bonchev–Trinajstić information content (AvgIpc) is 3.24. The van der Waals surface area contributed by atoms with E-state index in [2.05, 4.69) is 5.32 Å². The van der Waals surface area contributed by atoms with Gasteiger partial charge in [0.25, 0.3) is 11.8 Å². The first-order chi connectivity index (χ1) is 14.9. The van der Waals surface area contributed by atoms with Crippen LogP contribution >= 0.6 is 0 Å². The third kappa shape index (κ3) is 3.29. The highest BCUT2D eigenvalue weighted by atomic mass is 32.2. The van der Waals surface area contributed by atoms with Crippen molar-refractivity contribution < 1.29 is 22.8 Å². The predicted octanol–water partition coefficient (Wildman–Crippen LogP) is 1.49. The lowest BCUT2D eigenvalue weighted by Crippen LogP contribution is -2.49. The smallest absolute Gasteiger partial charge is 0.260 e. The van der Waals surface area contributed by atoms with Gasteiger partial charge in [0.05, 0.1) is 22.8 Å². The van der Waals surface area contributed by atoms with Crippen LogP contribution in [-0.2, 0) is 14.6 Å². The van der Waals surface area contributed by atoms with Gasteiger partial charge in [-0.2, -0.15) is 0 Å². The highest BCUT2D eigenvalue weighted by Crippen LogP contribution is 2.45. The molecule has 3 heterocycles. The van der Waals surface area contributed by atoms with E-state index in [4.69, 9.17) is 0 Å². The van der Waals surface area contributed by atoms with E-state index in [0.29, 0.717) is 23.2 Å². The number of hydrogen-bond acceptors (Lipinski definition) is 5. The molecular weight excluding hydrogens is 418 g/mol. The zero-order valence-electron chi connectivity index (χ0n) is 16.7. The molecule has 1 N–H and O–H groups in total. The third-order valence-electron chi connectivity index (χ3n) is 6.06. The van der Waals surface area contributed by atoms with Crippen LogP contribution in [0.3, 0.4) is 0 Å². The van der Waals surface area contributed by atoms with E-state index in [9.17, 15) is 22.8 Å². The molecule has 8 nitrogen and oxygen atoms in total. The molecule has 0 bridgehead atoms. The number of fused-ring (bicyclic) bond motifs is 5. The van der Waals surface area contributed by atoms with Crippen LogP contribution in [0.25, 0.3) is 0 Å². The lowest BCUT2D eigenvalue weighted by molar-refractivity contribution is -0.121. The van der Waals surface area contributed by atoms with Crippen LogP contribution in [0.4, 0.5) is 5.69 Å². The van der Waals surface area contributed by atoms with Crippen LogP contribution in [-0.4, -0.2) is 55.1 Å². The Morgan fingerprint density at radius 1 is 1.00 bits per heavy atom. The Bertz CT molecular complexity index is 1210. The molecular formula is C22H21N3O5S. The number of sulfone groups is 1. The molecule has 0 saturated carbocycles. The Labute approximate surface area is 179 Å². The molecule has 2 atom stereocenters. The van der Waals surface area contributed by atoms with E-state index < -0.39 is 16.0 Å². The number of anilines is 1. The van der Waals surface area contributed by atoms with E-state index in [1.807, 2.05) is 12.1 Å². The van der Waals surface area contributed by atoms with Crippen molar-refractivity contribution in [2.75, 3.05) is 23.0 Å². The van der Waals surface area contributed by atoms with Gasteiger partial charge in [0.2, 0.25) is 5.91 Å². The summed E-state index contributed by atoms with van der Waals surface area (Å²) in [6, 6.07) is 13.8. The van der Waals surface area contributed by atoms with Gasteiger partial charge in [-0.3, -0.25) is 19.3 Å². The fourth-order valence-corrected chi connectivity index (χ4v) is 6.30. The molecule has 5 rings (SSSR count). The van der Waals surface area contributed by atoms with Gasteiger partial charge in [-0.05, 0) is 24.6 Å². The van der Waals surface area contributed by atoms with Crippen LogP contribution < -0.4 is 10.2 Å². The molecule has 31 heavy (non-hydrogen) atoms. The van der Waals surface area contributed by atoms with Crippen LogP contribution in [0.5, 0.6) is 0 Å². The average molecular weight is 439 g/mol. The van der Waals surface area contributed by atoms with Gasteiger partial charge in [-0.1, -0.05) is 30.3 Å². The van der Waals surface area contributed by atoms with Gasteiger partial charge in [-0.25, -0.2) is 8.42 Å². The summed E-state index contributed by atoms with van der Waals surface area (Å²) in [6.45, 7) is 0.112. The molecule has 0 radical (unpaired) electrons. The monoisotopic (exact) mass is 439 g/mol. The Balaban J connectivity index is 1.41. The summed E-state index contributed by atoms with van der Waals surface area (Å²) in [4.78, 5) is 42.1. The van der Waals surface area contributed by atoms with E-state index in [0.717, 1.165) is 5.56 Å². The SMILES string of the molecule is O=C(CCN1C(=O)c2ccccc2N2C(=O)c3ccccc3C12)NC1CCS(=O)(=O)C1. The highest BCUT2D eigenvalue weighted by molar-refractivity contribution is 7.91. The molecule has 2 unspecified atom stereocenters. The summed E-state index contributed by atoms with van der Waals surface area (Å²) < 4.78 is 23.2. The van der Waals surface area contributed by atoms with E-state index in [-0.39, 0.29) is 48.2 Å². The van der Waals surface area contributed by atoms with E-state index in [1.165, 1.54) is 0 Å². The predicted molar refractivity (Wildman–Crippen MR) is 113 cm³/mol. The third-order valence-corrected chi connectivity index (χ3v) is 7.83. The number of benzene rings is 2. The minimum atomic E-state index is -3.09.